The van der Waals surface area contributed by atoms with Gasteiger partial charge in [0, 0.05) is 6.54 Å². The Morgan fingerprint density at radius 2 is 1.82 bits per heavy atom. The van der Waals surface area contributed by atoms with E-state index in [9.17, 15) is 15.0 Å². The van der Waals surface area contributed by atoms with Crippen LogP contribution < -0.4 is 11.1 Å². The summed E-state index contributed by atoms with van der Waals surface area (Å²) in [6.07, 6.45) is 2.16. The maximum absolute atomic E-state index is 11.9. The molecule has 0 saturated carbocycles. The second kappa shape index (κ2) is 7.17. The number of phenolic OH excluding ortho intramolecular Hbond substituents is 2. The van der Waals surface area contributed by atoms with E-state index in [1.165, 1.54) is 18.2 Å². The summed E-state index contributed by atoms with van der Waals surface area (Å²) in [5.74, 6) is -0.849. The number of rotatable bonds is 5. The normalized spacial score (nSPS) is 11.2. The van der Waals surface area contributed by atoms with E-state index in [-0.39, 0.29) is 23.1 Å². The number of benzene rings is 2. The molecular weight excluding hydrogens is 280 g/mol. The average molecular weight is 298 g/mol. The molecule has 0 fully saturated rings. The maximum Gasteiger partial charge on any atom is 0.267 e. The third-order valence-corrected chi connectivity index (χ3v) is 3.13. The molecular formula is C17H18N2O3. The predicted molar refractivity (Wildman–Crippen MR) is 85.1 cm³/mol. The third-order valence-electron chi connectivity index (χ3n) is 3.13. The first-order valence-corrected chi connectivity index (χ1v) is 6.87. The van der Waals surface area contributed by atoms with Crippen molar-refractivity contribution in [1.82, 2.24) is 5.32 Å². The Balaban J connectivity index is 1.91. The second-order valence-corrected chi connectivity index (χ2v) is 4.84. The molecule has 0 aliphatic heterocycles. The molecule has 0 spiro atoms. The van der Waals surface area contributed by atoms with Crippen LogP contribution in [0.4, 0.5) is 0 Å². The molecule has 0 saturated heterocycles. The highest BCUT2D eigenvalue weighted by Crippen LogP contribution is 2.25. The van der Waals surface area contributed by atoms with Gasteiger partial charge in [0.15, 0.2) is 11.5 Å². The summed E-state index contributed by atoms with van der Waals surface area (Å²) in [6, 6.07) is 14.0. The largest absolute Gasteiger partial charge is 0.504 e. The monoisotopic (exact) mass is 298 g/mol. The lowest BCUT2D eigenvalue weighted by molar-refractivity contribution is -0.117. The standard InChI is InChI=1S/C17H18N2O3/c18-14(10-13-6-7-15(20)16(21)11-13)17(22)19-9-8-12-4-2-1-3-5-12/h1-7,10-11,20-21H,8-9,18H2,(H,19,22). The number of hydrogen-bond acceptors (Lipinski definition) is 4. The fraction of sp³-hybridized carbons (Fsp3) is 0.118. The average Bonchev–Trinajstić information content (AvgIpc) is 2.52. The van der Waals surface area contributed by atoms with E-state index in [4.69, 9.17) is 5.73 Å². The zero-order valence-electron chi connectivity index (χ0n) is 12.0. The van der Waals surface area contributed by atoms with Crippen LogP contribution in [-0.2, 0) is 11.2 Å². The molecule has 0 aliphatic carbocycles. The Morgan fingerprint density at radius 1 is 1.09 bits per heavy atom. The molecule has 0 aromatic heterocycles. The zero-order valence-corrected chi connectivity index (χ0v) is 12.0. The predicted octanol–water partition coefficient (Wildman–Crippen LogP) is 1.76. The van der Waals surface area contributed by atoms with E-state index in [0.717, 1.165) is 12.0 Å². The smallest absolute Gasteiger partial charge is 0.267 e. The van der Waals surface area contributed by atoms with Gasteiger partial charge in [-0.1, -0.05) is 36.4 Å². The number of carbonyl (C=O) groups excluding carboxylic acids is 1. The van der Waals surface area contributed by atoms with Crippen molar-refractivity contribution < 1.29 is 15.0 Å². The quantitative estimate of drug-likeness (QED) is 0.499. The van der Waals surface area contributed by atoms with Gasteiger partial charge in [-0.15, -0.1) is 0 Å². The molecule has 2 rings (SSSR count). The first kappa shape index (κ1) is 15.4. The zero-order chi connectivity index (χ0) is 15.9. The Labute approximate surface area is 128 Å². The molecule has 5 heteroatoms. The molecule has 1 amide bonds. The highest BCUT2D eigenvalue weighted by atomic mass is 16.3. The van der Waals surface area contributed by atoms with Crippen molar-refractivity contribution in [2.24, 2.45) is 5.73 Å². The molecule has 0 unspecified atom stereocenters. The summed E-state index contributed by atoms with van der Waals surface area (Å²) >= 11 is 0. The van der Waals surface area contributed by atoms with E-state index < -0.39 is 0 Å². The van der Waals surface area contributed by atoms with Gasteiger partial charge in [0.2, 0.25) is 0 Å². The summed E-state index contributed by atoms with van der Waals surface area (Å²) in [4.78, 5) is 11.9. The van der Waals surface area contributed by atoms with E-state index in [0.29, 0.717) is 12.1 Å². The molecule has 2 aromatic rings. The molecule has 5 N–H and O–H groups in total. The van der Waals surface area contributed by atoms with Gasteiger partial charge in [-0.2, -0.15) is 0 Å². The second-order valence-electron chi connectivity index (χ2n) is 4.84. The Kier molecular flexibility index (Phi) is 5.03. The van der Waals surface area contributed by atoms with Crippen molar-refractivity contribution in [2.45, 2.75) is 6.42 Å². The molecule has 0 heterocycles. The minimum Gasteiger partial charge on any atom is -0.504 e. The minimum atomic E-state index is -0.372. The van der Waals surface area contributed by atoms with Crippen molar-refractivity contribution in [3.63, 3.8) is 0 Å². The Morgan fingerprint density at radius 3 is 2.50 bits per heavy atom. The molecule has 0 aliphatic rings. The number of nitrogens with two attached hydrogens (primary N) is 1. The molecule has 0 bridgehead atoms. The highest BCUT2D eigenvalue weighted by molar-refractivity contribution is 5.96. The molecule has 0 radical (unpaired) electrons. The number of hydrogen-bond donors (Lipinski definition) is 4. The van der Waals surface area contributed by atoms with Gasteiger partial charge in [0.05, 0.1) is 5.70 Å². The van der Waals surface area contributed by atoms with E-state index in [2.05, 4.69) is 5.32 Å². The fourth-order valence-electron chi connectivity index (χ4n) is 1.94. The van der Waals surface area contributed by atoms with Crippen molar-refractivity contribution in [3.8, 4) is 11.5 Å². The van der Waals surface area contributed by atoms with Crippen LogP contribution in [0.15, 0.2) is 54.2 Å². The van der Waals surface area contributed by atoms with E-state index >= 15 is 0 Å². The van der Waals surface area contributed by atoms with Crippen molar-refractivity contribution in [1.29, 1.82) is 0 Å². The SMILES string of the molecule is NC(=Cc1ccc(O)c(O)c1)C(=O)NCCc1ccccc1. The van der Waals surface area contributed by atoms with Gasteiger partial charge in [0.25, 0.3) is 5.91 Å². The number of nitrogens with one attached hydrogen (secondary N) is 1. The summed E-state index contributed by atoms with van der Waals surface area (Å²) in [5.41, 5.74) is 7.43. The van der Waals surface area contributed by atoms with Crippen LogP contribution in [0.2, 0.25) is 0 Å². The topological polar surface area (TPSA) is 95.6 Å². The summed E-state index contributed by atoms with van der Waals surface area (Å²) in [5, 5.41) is 21.4. The van der Waals surface area contributed by atoms with E-state index in [1.54, 1.807) is 6.07 Å². The van der Waals surface area contributed by atoms with Crippen LogP contribution >= 0.6 is 0 Å². The van der Waals surface area contributed by atoms with Crippen molar-refractivity contribution in [3.05, 3.63) is 65.4 Å². The first-order chi connectivity index (χ1) is 10.6. The van der Waals surface area contributed by atoms with Crippen LogP contribution in [0, 0.1) is 0 Å². The van der Waals surface area contributed by atoms with Crippen molar-refractivity contribution in [2.75, 3.05) is 6.54 Å². The number of amides is 1. The van der Waals surface area contributed by atoms with Crippen LogP contribution in [0.5, 0.6) is 11.5 Å². The molecule has 114 valence electrons. The van der Waals surface area contributed by atoms with Gasteiger partial charge in [-0.3, -0.25) is 4.79 Å². The van der Waals surface area contributed by atoms with Gasteiger partial charge < -0.3 is 21.3 Å². The summed E-state index contributed by atoms with van der Waals surface area (Å²) < 4.78 is 0. The molecule has 22 heavy (non-hydrogen) atoms. The highest BCUT2D eigenvalue weighted by Gasteiger charge is 2.06. The van der Waals surface area contributed by atoms with E-state index in [1.807, 2.05) is 30.3 Å². The molecule has 0 atom stereocenters. The number of aromatic hydroxyl groups is 2. The van der Waals surface area contributed by atoms with Gasteiger partial charge >= 0.3 is 0 Å². The first-order valence-electron chi connectivity index (χ1n) is 6.87. The van der Waals surface area contributed by atoms with Gasteiger partial charge in [0.1, 0.15) is 0 Å². The lowest BCUT2D eigenvalue weighted by atomic mass is 10.1. The van der Waals surface area contributed by atoms with Crippen LogP contribution in [0.3, 0.4) is 0 Å². The molecule has 2 aromatic carbocycles. The van der Waals surface area contributed by atoms with Crippen LogP contribution in [-0.4, -0.2) is 22.7 Å². The Bertz CT molecular complexity index is 682. The van der Waals surface area contributed by atoms with Crippen molar-refractivity contribution >= 4 is 12.0 Å². The minimum absolute atomic E-state index is 0.0400. The summed E-state index contributed by atoms with van der Waals surface area (Å²) in [6.45, 7) is 0.484. The Hall–Kier alpha value is -2.95. The maximum atomic E-state index is 11.9. The number of carbonyl (C=O) groups is 1. The number of phenols is 2. The fourth-order valence-corrected chi connectivity index (χ4v) is 1.94. The van der Waals surface area contributed by atoms with Crippen LogP contribution in [0.1, 0.15) is 11.1 Å². The lowest BCUT2D eigenvalue weighted by Crippen LogP contribution is -2.30. The van der Waals surface area contributed by atoms with Gasteiger partial charge in [-0.05, 0) is 35.8 Å². The third kappa shape index (κ3) is 4.28. The van der Waals surface area contributed by atoms with Crippen LogP contribution in [0.25, 0.3) is 6.08 Å². The van der Waals surface area contributed by atoms with Gasteiger partial charge in [-0.25, -0.2) is 0 Å². The summed E-state index contributed by atoms with van der Waals surface area (Å²) in [7, 11) is 0. The lowest BCUT2D eigenvalue weighted by Gasteiger charge is -2.06. The molecule has 5 nitrogen and oxygen atoms in total.